The molecule has 2 amide bonds. The average Bonchev–Trinajstić information content (AvgIpc) is 2.86. The third-order valence-electron chi connectivity index (χ3n) is 5.97. The van der Waals surface area contributed by atoms with Crippen LogP contribution in [0, 0.1) is 6.92 Å². The zero-order chi connectivity index (χ0) is 29.8. The Kier molecular flexibility index (Phi) is 10.2. The quantitative estimate of drug-likeness (QED) is 0.295. The minimum Gasteiger partial charge on any atom is -0.350 e. The standard InChI is InChI=1S/C29H32Cl3N3O4S/c1-19-9-12-24(13-10-19)40(38,39)35(26-16-23(31)11-14-25(26)32)18-27(36)34(17-21-7-6-8-22(30)15-21)20(2)28(37)33-29(3,4)5/h6-16,20H,17-18H2,1-5H3,(H,33,37)/t20-/m1/s1. The van der Waals surface area contributed by atoms with Gasteiger partial charge in [0, 0.05) is 22.1 Å². The maximum absolute atomic E-state index is 14.0. The lowest BCUT2D eigenvalue weighted by atomic mass is 10.1. The fraction of sp³-hybridized carbons (Fsp3) is 0.310. The molecule has 0 heterocycles. The van der Waals surface area contributed by atoms with Crippen molar-refractivity contribution in [3.8, 4) is 0 Å². The molecule has 0 bridgehead atoms. The van der Waals surface area contributed by atoms with Crippen LogP contribution in [-0.4, -0.2) is 43.3 Å². The van der Waals surface area contributed by atoms with Gasteiger partial charge in [-0.3, -0.25) is 13.9 Å². The first-order chi connectivity index (χ1) is 18.6. The molecule has 0 spiro atoms. The molecule has 0 saturated carbocycles. The van der Waals surface area contributed by atoms with E-state index in [0.717, 1.165) is 9.87 Å². The third-order valence-corrected chi connectivity index (χ3v) is 8.54. The van der Waals surface area contributed by atoms with Gasteiger partial charge in [0.25, 0.3) is 10.0 Å². The molecule has 0 aromatic heterocycles. The summed E-state index contributed by atoms with van der Waals surface area (Å²) in [5.41, 5.74) is 1.03. The van der Waals surface area contributed by atoms with Crippen LogP contribution in [0.3, 0.4) is 0 Å². The molecule has 1 N–H and O–H groups in total. The minimum atomic E-state index is -4.27. The van der Waals surface area contributed by atoms with Crippen LogP contribution < -0.4 is 9.62 Å². The normalized spacial score (nSPS) is 12.5. The summed E-state index contributed by atoms with van der Waals surface area (Å²) in [7, 11) is -4.27. The van der Waals surface area contributed by atoms with Crippen LogP contribution in [0.1, 0.15) is 38.8 Å². The molecule has 1 atom stereocenters. The van der Waals surface area contributed by atoms with Gasteiger partial charge >= 0.3 is 0 Å². The number of nitrogens with one attached hydrogen (secondary N) is 1. The first-order valence-electron chi connectivity index (χ1n) is 12.5. The van der Waals surface area contributed by atoms with E-state index in [1.807, 2.05) is 27.7 Å². The molecule has 0 radical (unpaired) electrons. The van der Waals surface area contributed by atoms with Crippen molar-refractivity contribution in [1.82, 2.24) is 10.2 Å². The summed E-state index contributed by atoms with van der Waals surface area (Å²) in [6, 6.07) is 16.6. The number of carbonyl (C=O) groups excluding carboxylic acids is 2. The zero-order valence-corrected chi connectivity index (χ0v) is 26.0. The summed E-state index contributed by atoms with van der Waals surface area (Å²) in [6.45, 7) is 8.30. The van der Waals surface area contributed by atoms with Gasteiger partial charge in [-0.25, -0.2) is 8.42 Å². The molecule has 0 fully saturated rings. The number of nitrogens with zero attached hydrogens (tertiary/aromatic N) is 2. The van der Waals surface area contributed by atoms with E-state index in [0.29, 0.717) is 10.6 Å². The van der Waals surface area contributed by atoms with Gasteiger partial charge in [0.05, 0.1) is 15.6 Å². The highest BCUT2D eigenvalue weighted by Crippen LogP contribution is 2.33. The highest BCUT2D eigenvalue weighted by Gasteiger charge is 2.34. The number of rotatable bonds is 9. The first kappa shape index (κ1) is 31.7. The lowest BCUT2D eigenvalue weighted by molar-refractivity contribution is -0.140. The van der Waals surface area contributed by atoms with Crippen molar-refractivity contribution in [2.45, 2.75) is 57.6 Å². The number of halogens is 3. The molecular formula is C29H32Cl3N3O4S. The van der Waals surface area contributed by atoms with Crippen molar-refractivity contribution in [3.05, 3.63) is 92.9 Å². The van der Waals surface area contributed by atoms with Gasteiger partial charge in [-0.05, 0) is 82.6 Å². The van der Waals surface area contributed by atoms with E-state index in [-0.39, 0.29) is 27.2 Å². The largest absolute Gasteiger partial charge is 0.350 e. The number of hydrogen-bond acceptors (Lipinski definition) is 4. The molecule has 0 saturated heterocycles. The van der Waals surface area contributed by atoms with Gasteiger partial charge in [0.15, 0.2) is 0 Å². The summed E-state index contributed by atoms with van der Waals surface area (Å²) in [4.78, 5) is 28.4. The van der Waals surface area contributed by atoms with Crippen molar-refractivity contribution >= 4 is 62.3 Å². The Morgan fingerprint density at radius 3 is 2.15 bits per heavy atom. The second-order valence-corrected chi connectivity index (χ2v) is 13.6. The Morgan fingerprint density at radius 1 is 0.925 bits per heavy atom. The second kappa shape index (κ2) is 12.8. The average molecular weight is 625 g/mol. The van der Waals surface area contributed by atoms with Gasteiger partial charge in [-0.1, -0.05) is 64.6 Å². The smallest absolute Gasteiger partial charge is 0.264 e. The first-order valence-corrected chi connectivity index (χ1v) is 15.1. The molecule has 214 valence electrons. The monoisotopic (exact) mass is 623 g/mol. The Labute approximate surface area is 251 Å². The highest BCUT2D eigenvalue weighted by molar-refractivity contribution is 7.92. The molecule has 7 nitrogen and oxygen atoms in total. The van der Waals surface area contributed by atoms with Gasteiger partial charge < -0.3 is 10.2 Å². The number of sulfonamides is 1. The molecule has 0 aliphatic rings. The lowest BCUT2D eigenvalue weighted by Gasteiger charge is -2.33. The summed E-state index contributed by atoms with van der Waals surface area (Å²) >= 11 is 18.8. The maximum atomic E-state index is 14.0. The number of carbonyl (C=O) groups is 2. The van der Waals surface area contributed by atoms with Crippen molar-refractivity contribution in [2.24, 2.45) is 0 Å². The van der Waals surface area contributed by atoms with Crippen LogP contribution in [0.15, 0.2) is 71.6 Å². The molecule has 3 rings (SSSR count). The Bertz CT molecular complexity index is 1490. The number of amides is 2. The topological polar surface area (TPSA) is 86.8 Å². The predicted molar refractivity (Wildman–Crippen MR) is 162 cm³/mol. The minimum absolute atomic E-state index is 0.0137. The lowest BCUT2D eigenvalue weighted by Crippen LogP contribution is -2.54. The molecule has 0 unspecified atom stereocenters. The molecule has 0 aliphatic carbocycles. The summed E-state index contributed by atoms with van der Waals surface area (Å²) < 4.78 is 28.8. The van der Waals surface area contributed by atoms with E-state index in [1.54, 1.807) is 43.3 Å². The molecule has 3 aromatic rings. The van der Waals surface area contributed by atoms with Crippen molar-refractivity contribution in [2.75, 3.05) is 10.8 Å². The Morgan fingerprint density at radius 2 is 1.55 bits per heavy atom. The van der Waals surface area contributed by atoms with E-state index in [2.05, 4.69) is 5.32 Å². The molecule has 11 heteroatoms. The van der Waals surface area contributed by atoms with E-state index < -0.39 is 40.0 Å². The van der Waals surface area contributed by atoms with Crippen molar-refractivity contribution in [3.63, 3.8) is 0 Å². The van der Waals surface area contributed by atoms with Crippen LogP contribution in [0.25, 0.3) is 0 Å². The summed E-state index contributed by atoms with van der Waals surface area (Å²) in [5, 5.41) is 3.68. The van der Waals surface area contributed by atoms with Gasteiger partial charge in [-0.2, -0.15) is 0 Å². The van der Waals surface area contributed by atoms with E-state index >= 15 is 0 Å². The van der Waals surface area contributed by atoms with Crippen molar-refractivity contribution < 1.29 is 18.0 Å². The van der Waals surface area contributed by atoms with E-state index in [4.69, 9.17) is 34.8 Å². The maximum Gasteiger partial charge on any atom is 0.264 e. The van der Waals surface area contributed by atoms with Gasteiger partial charge in [0.2, 0.25) is 11.8 Å². The van der Waals surface area contributed by atoms with Crippen LogP contribution in [0.5, 0.6) is 0 Å². The molecule has 3 aromatic carbocycles. The zero-order valence-electron chi connectivity index (χ0n) is 22.9. The number of hydrogen-bond donors (Lipinski definition) is 1. The SMILES string of the molecule is Cc1ccc(S(=O)(=O)N(CC(=O)N(Cc2cccc(Cl)c2)[C@H](C)C(=O)NC(C)(C)C)c2cc(Cl)ccc2Cl)cc1. The summed E-state index contributed by atoms with van der Waals surface area (Å²) in [5.74, 6) is -1.01. The van der Waals surface area contributed by atoms with Crippen LogP contribution in [0.4, 0.5) is 5.69 Å². The van der Waals surface area contributed by atoms with Crippen LogP contribution in [-0.2, 0) is 26.2 Å². The van der Waals surface area contributed by atoms with Crippen LogP contribution >= 0.6 is 34.8 Å². The second-order valence-electron chi connectivity index (χ2n) is 10.5. The number of anilines is 1. The van der Waals surface area contributed by atoms with Gasteiger partial charge in [0.1, 0.15) is 12.6 Å². The van der Waals surface area contributed by atoms with Gasteiger partial charge in [-0.15, -0.1) is 0 Å². The summed E-state index contributed by atoms with van der Waals surface area (Å²) in [6.07, 6.45) is 0. The Balaban J connectivity index is 2.08. The van der Waals surface area contributed by atoms with E-state index in [1.165, 1.54) is 35.2 Å². The van der Waals surface area contributed by atoms with Crippen molar-refractivity contribution in [1.29, 1.82) is 0 Å². The van der Waals surface area contributed by atoms with E-state index in [9.17, 15) is 18.0 Å². The molecule has 40 heavy (non-hydrogen) atoms. The van der Waals surface area contributed by atoms with Crippen LogP contribution in [0.2, 0.25) is 15.1 Å². The Hall–Kier alpha value is -2.78. The molecule has 0 aliphatic heterocycles. The highest BCUT2D eigenvalue weighted by atomic mass is 35.5. The molecular weight excluding hydrogens is 593 g/mol. The third kappa shape index (κ3) is 8.13. The number of benzene rings is 3. The number of aryl methyl sites for hydroxylation is 1. The fourth-order valence-electron chi connectivity index (χ4n) is 3.92. The fourth-order valence-corrected chi connectivity index (χ4v) is 5.99. The predicted octanol–water partition coefficient (Wildman–Crippen LogP) is 6.48.